The predicted molar refractivity (Wildman–Crippen MR) is 97.3 cm³/mol. The van der Waals surface area contributed by atoms with E-state index in [1.165, 1.54) is 31.3 Å². The van der Waals surface area contributed by atoms with Crippen molar-refractivity contribution in [2.75, 3.05) is 31.1 Å². The molecule has 140 valence electrons. The SMILES string of the molecule is CC(=O)c1ccc(N2CCN(C(=O)c3ccc(C(N)=O)cn3)CC2)c(F)c1. The summed E-state index contributed by atoms with van der Waals surface area (Å²) in [6.45, 7) is 3.13. The van der Waals surface area contributed by atoms with E-state index in [-0.39, 0.29) is 22.9 Å². The van der Waals surface area contributed by atoms with Crippen molar-refractivity contribution in [2.24, 2.45) is 5.73 Å². The summed E-state index contributed by atoms with van der Waals surface area (Å²) in [5, 5.41) is 0. The highest BCUT2D eigenvalue weighted by molar-refractivity contribution is 5.96. The Balaban J connectivity index is 1.65. The number of piperazine rings is 1. The third-order valence-corrected chi connectivity index (χ3v) is 4.53. The van der Waals surface area contributed by atoms with Gasteiger partial charge in [0.25, 0.3) is 5.91 Å². The van der Waals surface area contributed by atoms with Crippen LogP contribution in [0.5, 0.6) is 0 Å². The van der Waals surface area contributed by atoms with Crippen LogP contribution in [0, 0.1) is 5.82 Å². The van der Waals surface area contributed by atoms with Gasteiger partial charge in [-0.2, -0.15) is 0 Å². The highest BCUT2D eigenvalue weighted by Gasteiger charge is 2.24. The largest absolute Gasteiger partial charge is 0.366 e. The number of Topliss-reactive ketones (excluding diaryl/α,β-unsaturated/α-hetero) is 1. The normalized spacial score (nSPS) is 14.1. The quantitative estimate of drug-likeness (QED) is 0.823. The van der Waals surface area contributed by atoms with Gasteiger partial charge >= 0.3 is 0 Å². The summed E-state index contributed by atoms with van der Waals surface area (Å²) in [6.07, 6.45) is 1.28. The van der Waals surface area contributed by atoms with Crippen molar-refractivity contribution in [3.05, 3.63) is 59.2 Å². The summed E-state index contributed by atoms with van der Waals surface area (Å²) >= 11 is 0. The van der Waals surface area contributed by atoms with Gasteiger partial charge in [0.15, 0.2) is 5.78 Å². The number of amides is 2. The lowest BCUT2D eigenvalue weighted by Crippen LogP contribution is -2.49. The first-order valence-corrected chi connectivity index (χ1v) is 8.47. The van der Waals surface area contributed by atoms with Gasteiger partial charge in [0.2, 0.25) is 5.91 Å². The average Bonchev–Trinajstić information content (AvgIpc) is 2.67. The summed E-state index contributed by atoms with van der Waals surface area (Å²) in [5.74, 6) is -1.50. The zero-order valence-corrected chi connectivity index (χ0v) is 14.8. The molecule has 1 aromatic carbocycles. The molecule has 2 aromatic rings. The molecule has 8 heteroatoms. The number of primary amides is 1. The van der Waals surface area contributed by atoms with Crippen molar-refractivity contribution in [1.29, 1.82) is 0 Å². The number of aromatic nitrogens is 1. The molecule has 0 bridgehead atoms. The van der Waals surface area contributed by atoms with Gasteiger partial charge in [-0.3, -0.25) is 19.4 Å². The number of ketones is 1. The lowest BCUT2D eigenvalue weighted by molar-refractivity contribution is 0.0740. The van der Waals surface area contributed by atoms with E-state index in [0.29, 0.717) is 37.4 Å². The topological polar surface area (TPSA) is 96.6 Å². The van der Waals surface area contributed by atoms with Crippen LogP contribution >= 0.6 is 0 Å². The summed E-state index contributed by atoms with van der Waals surface area (Å²) in [6, 6.07) is 7.36. The maximum Gasteiger partial charge on any atom is 0.272 e. The molecule has 2 heterocycles. The molecule has 1 aliphatic heterocycles. The van der Waals surface area contributed by atoms with E-state index in [4.69, 9.17) is 5.73 Å². The first kappa shape index (κ1) is 18.5. The second-order valence-corrected chi connectivity index (χ2v) is 6.30. The summed E-state index contributed by atoms with van der Waals surface area (Å²) in [5.41, 5.74) is 6.37. The molecule has 1 saturated heterocycles. The van der Waals surface area contributed by atoms with Gasteiger partial charge in [-0.25, -0.2) is 4.39 Å². The fourth-order valence-corrected chi connectivity index (χ4v) is 2.96. The Morgan fingerprint density at radius 2 is 1.70 bits per heavy atom. The molecular formula is C19H19FN4O3. The number of rotatable bonds is 4. The van der Waals surface area contributed by atoms with Crippen molar-refractivity contribution >= 4 is 23.3 Å². The van der Waals surface area contributed by atoms with E-state index >= 15 is 0 Å². The predicted octanol–water partition coefficient (Wildman–Crippen LogP) is 1.48. The first-order chi connectivity index (χ1) is 12.9. The molecule has 1 aliphatic rings. The summed E-state index contributed by atoms with van der Waals surface area (Å²) in [4.78, 5) is 42.4. The Morgan fingerprint density at radius 3 is 2.22 bits per heavy atom. The van der Waals surface area contributed by atoms with Gasteiger partial charge in [0.1, 0.15) is 11.5 Å². The Hall–Kier alpha value is -3.29. The molecule has 2 amide bonds. The molecule has 1 fully saturated rings. The molecule has 0 unspecified atom stereocenters. The molecule has 1 aromatic heterocycles. The van der Waals surface area contributed by atoms with Crippen LogP contribution in [0.25, 0.3) is 0 Å². The fourth-order valence-electron chi connectivity index (χ4n) is 2.96. The van der Waals surface area contributed by atoms with Crippen molar-refractivity contribution in [3.8, 4) is 0 Å². The molecule has 3 rings (SSSR count). The minimum absolute atomic E-state index is 0.189. The van der Waals surface area contributed by atoms with Crippen molar-refractivity contribution < 1.29 is 18.8 Å². The monoisotopic (exact) mass is 370 g/mol. The second-order valence-electron chi connectivity index (χ2n) is 6.30. The third-order valence-electron chi connectivity index (χ3n) is 4.53. The Kier molecular flexibility index (Phi) is 5.16. The van der Waals surface area contributed by atoms with Gasteiger partial charge in [0.05, 0.1) is 11.3 Å². The van der Waals surface area contributed by atoms with Crippen LogP contribution in [0.15, 0.2) is 36.5 Å². The molecule has 0 radical (unpaired) electrons. The zero-order chi connectivity index (χ0) is 19.6. The fraction of sp³-hybridized carbons (Fsp3) is 0.263. The van der Waals surface area contributed by atoms with Gasteiger partial charge in [0, 0.05) is 37.9 Å². The molecule has 0 aliphatic carbocycles. The standard InChI is InChI=1S/C19H19FN4O3/c1-12(25)13-3-5-17(15(20)10-13)23-6-8-24(9-7-23)19(27)16-4-2-14(11-22-16)18(21)26/h2-5,10-11H,6-9H2,1H3,(H2,21,26). The van der Waals surface area contributed by atoms with Gasteiger partial charge in [-0.15, -0.1) is 0 Å². The smallest absolute Gasteiger partial charge is 0.272 e. The maximum absolute atomic E-state index is 14.3. The molecule has 2 N–H and O–H groups in total. The number of carbonyl (C=O) groups is 3. The Labute approximate surface area is 155 Å². The van der Waals surface area contributed by atoms with Crippen LogP contribution in [0.3, 0.4) is 0 Å². The molecule has 7 nitrogen and oxygen atoms in total. The maximum atomic E-state index is 14.3. The minimum atomic E-state index is -0.604. The minimum Gasteiger partial charge on any atom is -0.366 e. The van der Waals surface area contributed by atoms with Crippen LogP contribution in [0.2, 0.25) is 0 Å². The van der Waals surface area contributed by atoms with E-state index in [1.54, 1.807) is 17.0 Å². The number of hydrogen-bond donors (Lipinski definition) is 1. The number of pyridine rings is 1. The summed E-state index contributed by atoms with van der Waals surface area (Å²) in [7, 11) is 0. The number of nitrogens with zero attached hydrogens (tertiary/aromatic N) is 3. The lowest BCUT2D eigenvalue weighted by Gasteiger charge is -2.36. The molecule has 27 heavy (non-hydrogen) atoms. The number of halogens is 1. The van der Waals surface area contributed by atoms with Gasteiger partial charge in [-0.1, -0.05) is 0 Å². The van der Waals surface area contributed by atoms with Gasteiger partial charge in [-0.05, 0) is 37.3 Å². The van der Waals surface area contributed by atoms with E-state index in [0.717, 1.165) is 0 Å². The number of benzene rings is 1. The van der Waals surface area contributed by atoms with Crippen molar-refractivity contribution in [3.63, 3.8) is 0 Å². The number of anilines is 1. The van der Waals surface area contributed by atoms with Gasteiger partial charge < -0.3 is 15.5 Å². The van der Waals surface area contributed by atoms with Crippen molar-refractivity contribution in [1.82, 2.24) is 9.88 Å². The lowest BCUT2D eigenvalue weighted by atomic mass is 10.1. The van der Waals surface area contributed by atoms with Crippen molar-refractivity contribution in [2.45, 2.75) is 6.92 Å². The zero-order valence-electron chi connectivity index (χ0n) is 14.8. The average molecular weight is 370 g/mol. The van der Waals surface area contributed by atoms with Crippen LogP contribution in [-0.2, 0) is 0 Å². The first-order valence-electron chi connectivity index (χ1n) is 8.47. The molecule has 0 saturated carbocycles. The van der Waals surface area contributed by atoms with E-state index in [2.05, 4.69) is 4.98 Å². The van der Waals surface area contributed by atoms with Crippen LogP contribution in [-0.4, -0.2) is 53.7 Å². The van der Waals surface area contributed by atoms with Crippen LogP contribution in [0.1, 0.15) is 38.1 Å². The Bertz CT molecular complexity index is 890. The number of hydrogen-bond acceptors (Lipinski definition) is 5. The Morgan fingerprint density at radius 1 is 1.04 bits per heavy atom. The summed E-state index contributed by atoms with van der Waals surface area (Å²) < 4.78 is 14.3. The molecule has 0 spiro atoms. The highest BCUT2D eigenvalue weighted by Crippen LogP contribution is 2.22. The number of carbonyl (C=O) groups excluding carboxylic acids is 3. The van der Waals surface area contributed by atoms with E-state index < -0.39 is 11.7 Å². The molecular weight excluding hydrogens is 351 g/mol. The molecule has 0 atom stereocenters. The highest BCUT2D eigenvalue weighted by atomic mass is 19.1. The second kappa shape index (κ2) is 7.53. The van der Waals surface area contributed by atoms with Crippen LogP contribution < -0.4 is 10.6 Å². The third kappa shape index (κ3) is 3.94. The number of nitrogens with two attached hydrogens (primary N) is 1. The van der Waals surface area contributed by atoms with E-state index in [1.807, 2.05) is 4.90 Å². The van der Waals surface area contributed by atoms with E-state index in [9.17, 15) is 18.8 Å². The van der Waals surface area contributed by atoms with Crippen LogP contribution in [0.4, 0.5) is 10.1 Å².